The number of aliphatic carboxylic acids is 1. The number of hydrogen-bond acceptors (Lipinski definition) is 8. The molecule has 0 aliphatic carbocycles. The Morgan fingerprint density at radius 3 is 0.860 bits per heavy atom. The standard InChI is InChI=1S/C84H153NO8/c1-6-8-10-12-14-16-18-20-22-24-26-28-30-32-34-35-36-37-38-39-40-41-42-43-44-45-46-47-49-51-53-55-57-59-61-63-65-67-69-71-73-75-82(87)93-80(79-92-84(83(88)89)90-77-76-85(3,4)5)78-91-81(86)74-72-70-68-66-64-62-60-58-56-54-52-50-48-33-31-29-27-25-23-21-19-17-15-13-11-9-7-2/h18-21,24-27,30-33,80,84H,6-17,22-23,28-29,34-79H2,1-5H3/b20-18-,21-19-,26-24-,27-25-,32-30-,33-31-. The Labute approximate surface area is 577 Å². The molecule has 542 valence electrons. The summed E-state index contributed by atoms with van der Waals surface area (Å²) in [6.45, 7) is 4.78. The number of carboxylic acids is 1. The summed E-state index contributed by atoms with van der Waals surface area (Å²) in [7, 11) is 5.94. The zero-order valence-corrected chi connectivity index (χ0v) is 62.1. The third-order valence-electron chi connectivity index (χ3n) is 17.9. The molecule has 0 spiro atoms. The fourth-order valence-electron chi connectivity index (χ4n) is 11.8. The Morgan fingerprint density at radius 2 is 0.581 bits per heavy atom. The Hall–Kier alpha value is -3.27. The molecule has 0 rings (SSSR count). The molecule has 0 N–H and O–H groups in total. The molecule has 93 heavy (non-hydrogen) atoms. The molecule has 0 saturated carbocycles. The van der Waals surface area contributed by atoms with E-state index in [0.29, 0.717) is 23.9 Å². The van der Waals surface area contributed by atoms with E-state index in [2.05, 4.69) is 86.8 Å². The molecule has 0 amide bonds. The lowest BCUT2D eigenvalue weighted by Crippen LogP contribution is -2.44. The normalized spacial score (nSPS) is 13.0. The average molecular weight is 1310 g/mol. The molecule has 0 aromatic rings. The third kappa shape index (κ3) is 76.0. The number of allylic oxidation sites excluding steroid dienone is 12. The van der Waals surface area contributed by atoms with Gasteiger partial charge in [-0.1, -0.05) is 356 Å². The highest BCUT2D eigenvalue weighted by molar-refractivity contribution is 5.70. The number of esters is 2. The van der Waals surface area contributed by atoms with Gasteiger partial charge < -0.3 is 33.3 Å². The van der Waals surface area contributed by atoms with Gasteiger partial charge >= 0.3 is 11.9 Å². The number of carbonyl (C=O) groups is 3. The monoisotopic (exact) mass is 1300 g/mol. The predicted molar refractivity (Wildman–Crippen MR) is 398 cm³/mol. The number of rotatable bonds is 75. The zero-order valence-electron chi connectivity index (χ0n) is 62.1. The van der Waals surface area contributed by atoms with Gasteiger partial charge in [0, 0.05) is 12.8 Å². The summed E-state index contributed by atoms with van der Waals surface area (Å²) in [5.74, 6) is -2.26. The number of hydrogen-bond donors (Lipinski definition) is 0. The minimum atomic E-state index is -1.62. The van der Waals surface area contributed by atoms with Gasteiger partial charge in [0.25, 0.3) is 0 Å². The molecule has 0 aromatic heterocycles. The summed E-state index contributed by atoms with van der Waals surface area (Å²) in [5, 5.41) is 11.9. The molecule has 0 aromatic carbocycles. The van der Waals surface area contributed by atoms with E-state index in [0.717, 1.165) is 57.8 Å². The van der Waals surface area contributed by atoms with Crippen LogP contribution in [0.25, 0.3) is 0 Å². The summed E-state index contributed by atoms with van der Waals surface area (Å²) in [6.07, 6.45) is 97.4. The highest BCUT2D eigenvalue weighted by Gasteiger charge is 2.22. The van der Waals surface area contributed by atoms with Gasteiger partial charge in [-0.3, -0.25) is 9.59 Å². The van der Waals surface area contributed by atoms with Crippen LogP contribution in [0.15, 0.2) is 72.9 Å². The number of nitrogens with zero attached hydrogens (tertiary/aromatic N) is 1. The molecule has 0 fully saturated rings. The average Bonchev–Trinajstić information content (AvgIpc) is 3.38. The fraction of sp³-hybridized carbons (Fsp3) is 0.821. The van der Waals surface area contributed by atoms with Crippen LogP contribution in [0.2, 0.25) is 0 Å². The van der Waals surface area contributed by atoms with Crippen LogP contribution in [0.1, 0.15) is 386 Å². The van der Waals surface area contributed by atoms with Gasteiger partial charge in [0.2, 0.25) is 0 Å². The van der Waals surface area contributed by atoms with E-state index in [4.69, 9.17) is 18.9 Å². The fourth-order valence-corrected chi connectivity index (χ4v) is 11.8. The first-order valence-corrected chi connectivity index (χ1v) is 40.1. The summed E-state index contributed by atoms with van der Waals surface area (Å²) in [4.78, 5) is 37.6. The quantitative estimate of drug-likeness (QED) is 0.0195. The van der Waals surface area contributed by atoms with Crippen molar-refractivity contribution in [1.82, 2.24) is 0 Å². The molecule has 2 unspecified atom stereocenters. The molecule has 9 nitrogen and oxygen atoms in total. The van der Waals surface area contributed by atoms with Crippen molar-refractivity contribution >= 4 is 17.9 Å². The Morgan fingerprint density at radius 1 is 0.323 bits per heavy atom. The van der Waals surface area contributed by atoms with Crippen molar-refractivity contribution in [2.24, 2.45) is 0 Å². The van der Waals surface area contributed by atoms with Crippen LogP contribution in [-0.4, -0.2) is 82.3 Å². The maximum atomic E-state index is 13.0. The minimum absolute atomic E-state index is 0.148. The van der Waals surface area contributed by atoms with E-state index < -0.39 is 24.3 Å². The zero-order chi connectivity index (χ0) is 67.5. The molecule has 2 atom stereocenters. The number of ether oxygens (including phenoxy) is 4. The summed E-state index contributed by atoms with van der Waals surface area (Å²) < 4.78 is 22.9. The third-order valence-corrected chi connectivity index (χ3v) is 17.9. The molecule has 0 aliphatic rings. The lowest BCUT2D eigenvalue weighted by Gasteiger charge is -2.26. The number of likely N-dealkylation sites (N-methyl/N-ethyl adjacent to an activating group) is 1. The van der Waals surface area contributed by atoms with Gasteiger partial charge in [0.15, 0.2) is 12.4 Å². The smallest absolute Gasteiger partial charge is 0.306 e. The Balaban J connectivity index is 3.97. The largest absolute Gasteiger partial charge is 0.545 e. The van der Waals surface area contributed by atoms with Crippen molar-refractivity contribution in [3.8, 4) is 0 Å². The number of carboxylic acid groups (broad SMARTS) is 1. The van der Waals surface area contributed by atoms with Gasteiger partial charge in [-0.15, -0.1) is 0 Å². The van der Waals surface area contributed by atoms with E-state index in [1.54, 1.807) is 0 Å². The maximum absolute atomic E-state index is 13.0. The summed E-state index contributed by atoms with van der Waals surface area (Å²) in [6, 6.07) is 0. The topological polar surface area (TPSA) is 111 Å². The summed E-state index contributed by atoms with van der Waals surface area (Å²) >= 11 is 0. The van der Waals surface area contributed by atoms with Crippen molar-refractivity contribution in [1.29, 1.82) is 0 Å². The number of unbranched alkanes of at least 4 members (excludes halogenated alkanes) is 48. The van der Waals surface area contributed by atoms with Crippen LogP contribution < -0.4 is 5.11 Å². The first-order valence-electron chi connectivity index (χ1n) is 40.1. The van der Waals surface area contributed by atoms with Gasteiger partial charge in [-0.25, -0.2) is 0 Å². The molecule has 0 radical (unpaired) electrons. The van der Waals surface area contributed by atoms with Gasteiger partial charge in [-0.2, -0.15) is 0 Å². The highest BCUT2D eigenvalue weighted by atomic mass is 16.7. The van der Waals surface area contributed by atoms with Crippen LogP contribution >= 0.6 is 0 Å². The van der Waals surface area contributed by atoms with Gasteiger partial charge in [0.1, 0.15) is 13.2 Å². The molecule has 0 heterocycles. The minimum Gasteiger partial charge on any atom is -0.545 e. The van der Waals surface area contributed by atoms with Crippen molar-refractivity contribution in [2.75, 3.05) is 47.5 Å². The lowest BCUT2D eigenvalue weighted by molar-refractivity contribution is -0.870. The molecular formula is C84H153NO8. The van der Waals surface area contributed by atoms with Gasteiger partial charge in [0.05, 0.1) is 40.3 Å². The van der Waals surface area contributed by atoms with E-state index >= 15 is 0 Å². The van der Waals surface area contributed by atoms with Crippen molar-refractivity contribution < 1.29 is 42.9 Å². The summed E-state index contributed by atoms with van der Waals surface area (Å²) in [5.41, 5.74) is 0. The SMILES string of the molecule is CCCCCCC/C=C\C/C=C\C/C=C\CCCCCCCCCCCCCCCCCCCCCCCCCCCCC(=O)OC(COC(=O)CCCCCCCCCCCCCC/C=C\C/C=C\C/C=C\CCCCCCC)COC(OCC[N+](C)(C)C)C(=O)[O-]. The van der Waals surface area contributed by atoms with Crippen LogP contribution in [0.3, 0.4) is 0 Å². The van der Waals surface area contributed by atoms with Crippen LogP contribution in [0.5, 0.6) is 0 Å². The lowest BCUT2D eigenvalue weighted by atomic mass is 10.0. The Bertz CT molecular complexity index is 1760. The van der Waals surface area contributed by atoms with E-state index in [1.165, 1.54) is 295 Å². The van der Waals surface area contributed by atoms with Crippen molar-refractivity contribution in [3.05, 3.63) is 72.9 Å². The molecule has 0 aliphatic heterocycles. The maximum Gasteiger partial charge on any atom is 0.306 e. The molecule has 0 saturated heterocycles. The number of carbonyl (C=O) groups excluding carboxylic acids is 3. The highest BCUT2D eigenvalue weighted by Crippen LogP contribution is 2.19. The van der Waals surface area contributed by atoms with Crippen LogP contribution in [0.4, 0.5) is 0 Å². The second-order valence-electron chi connectivity index (χ2n) is 28.4. The molecule has 0 bridgehead atoms. The second kappa shape index (κ2) is 74.5. The first kappa shape index (κ1) is 89.7. The Kier molecular flexibility index (Phi) is 71.9. The van der Waals surface area contributed by atoms with E-state index in [9.17, 15) is 19.5 Å². The van der Waals surface area contributed by atoms with Gasteiger partial charge in [-0.05, 0) is 89.9 Å². The number of quaternary nitrogens is 1. The van der Waals surface area contributed by atoms with Crippen molar-refractivity contribution in [3.63, 3.8) is 0 Å². The van der Waals surface area contributed by atoms with Crippen LogP contribution in [0, 0.1) is 0 Å². The molecular weight excluding hydrogens is 1150 g/mol. The predicted octanol–water partition coefficient (Wildman–Crippen LogP) is 24.3. The van der Waals surface area contributed by atoms with E-state index in [-0.39, 0.29) is 32.2 Å². The first-order chi connectivity index (χ1) is 45.6. The molecule has 9 heteroatoms. The van der Waals surface area contributed by atoms with E-state index in [1.807, 2.05) is 21.1 Å². The van der Waals surface area contributed by atoms with Crippen molar-refractivity contribution in [2.45, 2.75) is 399 Å². The van der Waals surface area contributed by atoms with Crippen LogP contribution in [-0.2, 0) is 33.3 Å². The second-order valence-corrected chi connectivity index (χ2v) is 28.4.